The van der Waals surface area contributed by atoms with Gasteiger partial charge in [0.25, 0.3) is 0 Å². The summed E-state index contributed by atoms with van der Waals surface area (Å²) in [7, 11) is 2.10. The fourth-order valence-corrected chi connectivity index (χ4v) is 2.29. The van der Waals surface area contributed by atoms with Gasteiger partial charge in [-0.3, -0.25) is 0 Å². The lowest BCUT2D eigenvalue weighted by atomic mass is 9.88. The number of likely N-dealkylation sites (N-methyl/N-ethyl adjacent to an activating group) is 1. The highest BCUT2D eigenvalue weighted by atomic mass is 16.3. The van der Waals surface area contributed by atoms with Crippen LogP contribution >= 0.6 is 0 Å². The molecule has 0 amide bonds. The van der Waals surface area contributed by atoms with Crippen LogP contribution < -0.4 is 0 Å². The maximum absolute atomic E-state index is 8.75. The van der Waals surface area contributed by atoms with Crippen LogP contribution in [-0.2, 0) is 0 Å². The van der Waals surface area contributed by atoms with E-state index in [0.29, 0.717) is 5.41 Å². The maximum Gasteiger partial charge on any atom is 0.0558 e. The van der Waals surface area contributed by atoms with Crippen molar-refractivity contribution in [1.29, 1.82) is 0 Å². The minimum absolute atomic E-state index is 0.284. The molecule has 2 heteroatoms. The van der Waals surface area contributed by atoms with Crippen molar-refractivity contribution in [3.63, 3.8) is 0 Å². The summed E-state index contributed by atoms with van der Waals surface area (Å²) >= 11 is 0. The van der Waals surface area contributed by atoms with Gasteiger partial charge in [0.15, 0.2) is 0 Å². The third-order valence-electron chi connectivity index (χ3n) is 2.94. The van der Waals surface area contributed by atoms with Crippen molar-refractivity contribution in [3.05, 3.63) is 0 Å². The molecular weight excluding hydrogens is 150 g/mol. The lowest BCUT2D eigenvalue weighted by molar-refractivity contribution is 0.162. The normalized spacial score (nSPS) is 22.0. The summed E-state index contributed by atoms with van der Waals surface area (Å²) in [4.78, 5) is 2.24. The average molecular weight is 171 g/mol. The molecule has 0 atom stereocenters. The number of aliphatic hydroxyl groups is 1. The Hall–Kier alpha value is -0.0800. The molecule has 0 bridgehead atoms. The van der Waals surface area contributed by atoms with E-state index in [1.807, 2.05) is 0 Å². The Bertz CT molecular complexity index is 130. The molecule has 0 spiro atoms. The Balaban J connectivity index is 2.28. The second-order valence-corrected chi connectivity index (χ2v) is 4.48. The van der Waals surface area contributed by atoms with E-state index < -0.39 is 0 Å². The van der Waals surface area contributed by atoms with E-state index in [9.17, 15) is 0 Å². The first kappa shape index (κ1) is 10.0. The lowest BCUT2D eigenvalue weighted by Crippen LogP contribution is -2.33. The van der Waals surface area contributed by atoms with E-state index in [1.165, 1.54) is 25.7 Å². The fourth-order valence-electron chi connectivity index (χ4n) is 2.29. The number of aliphatic hydroxyl groups excluding tert-OH is 1. The smallest absolute Gasteiger partial charge is 0.0558 e. The second kappa shape index (κ2) is 4.24. The van der Waals surface area contributed by atoms with Gasteiger partial charge in [0.2, 0.25) is 0 Å². The first-order chi connectivity index (χ1) is 5.66. The van der Waals surface area contributed by atoms with E-state index >= 15 is 0 Å². The topological polar surface area (TPSA) is 23.5 Å². The largest absolute Gasteiger partial charge is 0.395 e. The first-order valence-electron chi connectivity index (χ1n) is 4.96. The van der Waals surface area contributed by atoms with Crippen molar-refractivity contribution >= 4 is 0 Å². The second-order valence-electron chi connectivity index (χ2n) is 4.48. The van der Waals surface area contributed by atoms with Crippen LogP contribution in [0.4, 0.5) is 0 Å². The van der Waals surface area contributed by atoms with Crippen LogP contribution in [0.25, 0.3) is 0 Å². The minimum Gasteiger partial charge on any atom is -0.395 e. The highest BCUT2D eigenvalue weighted by Gasteiger charge is 2.29. The van der Waals surface area contributed by atoms with E-state index in [1.54, 1.807) is 0 Å². The molecule has 1 rings (SSSR count). The van der Waals surface area contributed by atoms with Crippen LogP contribution in [0.15, 0.2) is 0 Å². The molecule has 0 heterocycles. The maximum atomic E-state index is 8.75. The predicted octanol–water partition coefficient (Wildman–Crippen LogP) is 1.49. The molecular formula is C10H21NO. The molecule has 1 aliphatic carbocycles. The summed E-state index contributed by atoms with van der Waals surface area (Å²) in [5, 5.41) is 8.75. The van der Waals surface area contributed by atoms with E-state index in [0.717, 1.165) is 13.1 Å². The van der Waals surface area contributed by atoms with Crippen LogP contribution in [0.3, 0.4) is 0 Å². The fraction of sp³-hybridized carbons (Fsp3) is 1.00. The number of nitrogens with zero attached hydrogens (tertiary/aromatic N) is 1. The summed E-state index contributed by atoms with van der Waals surface area (Å²) in [6, 6.07) is 0. The molecule has 2 nitrogen and oxygen atoms in total. The highest BCUT2D eigenvalue weighted by Crippen LogP contribution is 2.37. The quantitative estimate of drug-likeness (QED) is 0.692. The zero-order chi connectivity index (χ0) is 9.03. The molecule has 1 aliphatic rings. The van der Waals surface area contributed by atoms with E-state index in [2.05, 4.69) is 18.9 Å². The van der Waals surface area contributed by atoms with E-state index in [4.69, 9.17) is 5.11 Å². The Morgan fingerprint density at radius 1 is 1.33 bits per heavy atom. The Morgan fingerprint density at radius 3 is 2.42 bits per heavy atom. The molecule has 0 aromatic heterocycles. The van der Waals surface area contributed by atoms with Crippen molar-refractivity contribution in [2.24, 2.45) is 5.41 Å². The summed E-state index contributed by atoms with van der Waals surface area (Å²) in [6.07, 6.45) is 5.51. The molecule has 0 radical (unpaired) electrons. The first-order valence-corrected chi connectivity index (χ1v) is 4.96. The molecule has 12 heavy (non-hydrogen) atoms. The van der Waals surface area contributed by atoms with Gasteiger partial charge in [0, 0.05) is 13.1 Å². The number of hydrogen-bond acceptors (Lipinski definition) is 2. The molecule has 0 aliphatic heterocycles. The van der Waals surface area contributed by atoms with Gasteiger partial charge in [0.05, 0.1) is 6.61 Å². The van der Waals surface area contributed by atoms with Crippen molar-refractivity contribution in [2.75, 3.05) is 26.7 Å². The third-order valence-corrected chi connectivity index (χ3v) is 2.94. The molecule has 0 unspecified atom stereocenters. The van der Waals surface area contributed by atoms with Gasteiger partial charge in [-0.05, 0) is 25.3 Å². The van der Waals surface area contributed by atoms with Crippen molar-refractivity contribution in [1.82, 2.24) is 4.90 Å². The Morgan fingerprint density at radius 2 is 1.92 bits per heavy atom. The van der Waals surface area contributed by atoms with Gasteiger partial charge in [-0.2, -0.15) is 0 Å². The van der Waals surface area contributed by atoms with E-state index in [-0.39, 0.29) is 6.61 Å². The van der Waals surface area contributed by atoms with Gasteiger partial charge in [-0.1, -0.05) is 19.8 Å². The van der Waals surface area contributed by atoms with Crippen LogP contribution in [-0.4, -0.2) is 36.8 Å². The number of hydrogen-bond donors (Lipinski definition) is 1. The van der Waals surface area contributed by atoms with Gasteiger partial charge in [-0.25, -0.2) is 0 Å². The number of rotatable bonds is 4. The monoisotopic (exact) mass is 171 g/mol. The van der Waals surface area contributed by atoms with Crippen molar-refractivity contribution in [2.45, 2.75) is 32.6 Å². The van der Waals surface area contributed by atoms with Crippen LogP contribution in [0.5, 0.6) is 0 Å². The minimum atomic E-state index is 0.284. The summed E-state index contributed by atoms with van der Waals surface area (Å²) in [6.45, 7) is 4.61. The molecule has 72 valence electrons. The SMILES string of the molecule is CN(CCO)CC1(C)CCCC1. The van der Waals surface area contributed by atoms with Crippen molar-refractivity contribution < 1.29 is 5.11 Å². The molecule has 0 aromatic carbocycles. The lowest BCUT2D eigenvalue weighted by Gasteiger charge is -2.29. The van der Waals surface area contributed by atoms with Crippen LogP contribution in [0.1, 0.15) is 32.6 Å². The zero-order valence-corrected chi connectivity index (χ0v) is 8.34. The molecule has 0 aromatic rings. The average Bonchev–Trinajstić information content (AvgIpc) is 2.36. The van der Waals surface area contributed by atoms with Crippen molar-refractivity contribution in [3.8, 4) is 0 Å². The molecule has 1 N–H and O–H groups in total. The predicted molar refractivity (Wildman–Crippen MR) is 51.2 cm³/mol. The van der Waals surface area contributed by atoms with Gasteiger partial charge >= 0.3 is 0 Å². The van der Waals surface area contributed by atoms with Crippen LogP contribution in [0.2, 0.25) is 0 Å². The Labute approximate surface area is 75.6 Å². The van der Waals surface area contributed by atoms with Gasteiger partial charge in [0.1, 0.15) is 0 Å². The standard InChI is InChI=1S/C10H21NO/c1-10(5-3-4-6-10)9-11(2)7-8-12/h12H,3-9H2,1-2H3. The molecule has 0 saturated heterocycles. The Kier molecular flexibility index (Phi) is 3.53. The zero-order valence-electron chi connectivity index (χ0n) is 8.34. The molecule has 1 fully saturated rings. The third kappa shape index (κ3) is 2.76. The van der Waals surface area contributed by atoms with Gasteiger partial charge in [-0.15, -0.1) is 0 Å². The summed E-state index contributed by atoms with van der Waals surface area (Å²) in [5.74, 6) is 0. The van der Waals surface area contributed by atoms with Crippen LogP contribution in [0, 0.1) is 5.41 Å². The molecule has 1 saturated carbocycles. The van der Waals surface area contributed by atoms with Gasteiger partial charge < -0.3 is 10.0 Å². The summed E-state index contributed by atoms with van der Waals surface area (Å²) in [5.41, 5.74) is 0.532. The summed E-state index contributed by atoms with van der Waals surface area (Å²) < 4.78 is 0. The highest BCUT2D eigenvalue weighted by molar-refractivity contribution is 4.82.